The van der Waals surface area contributed by atoms with Gasteiger partial charge in [0, 0.05) is 24.2 Å². The highest BCUT2D eigenvalue weighted by Crippen LogP contribution is 2.16. The zero-order chi connectivity index (χ0) is 17.5. The second-order valence-corrected chi connectivity index (χ2v) is 9.68. The maximum absolute atomic E-state index is 11.1. The van der Waals surface area contributed by atoms with E-state index in [1.54, 1.807) is 0 Å². The molecule has 1 rings (SSSR count). The van der Waals surface area contributed by atoms with Crippen LogP contribution < -0.4 is 0 Å². The quantitative estimate of drug-likeness (QED) is 0.687. The van der Waals surface area contributed by atoms with Crippen LogP contribution in [0.15, 0.2) is 0 Å². The molecule has 0 aromatic heterocycles. The third-order valence-corrected chi connectivity index (χ3v) is 5.24. The molecule has 1 fully saturated rings. The van der Waals surface area contributed by atoms with Crippen molar-refractivity contribution in [3.63, 3.8) is 0 Å². The van der Waals surface area contributed by atoms with Gasteiger partial charge < -0.3 is 4.90 Å². The van der Waals surface area contributed by atoms with Gasteiger partial charge in [0.2, 0.25) is 0 Å². The van der Waals surface area contributed by atoms with Crippen molar-refractivity contribution in [1.82, 2.24) is 9.80 Å². The Bertz CT molecular complexity index is 349. The molecule has 0 atom stereocenters. The summed E-state index contributed by atoms with van der Waals surface area (Å²) in [5.74, 6) is 0.647. The van der Waals surface area contributed by atoms with Gasteiger partial charge in [-0.2, -0.15) is 0 Å². The van der Waals surface area contributed by atoms with Crippen LogP contribution in [0.1, 0.15) is 55.4 Å². The molecule has 1 aliphatic rings. The molecule has 0 bridgehead atoms. The smallest absolute Gasteiger partial charge is 0.152 e. The molecule has 5 heteroatoms. The van der Waals surface area contributed by atoms with Crippen molar-refractivity contribution in [2.45, 2.75) is 66.5 Å². The van der Waals surface area contributed by atoms with E-state index in [0.29, 0.717) is 30.1 Å². The van der Waals surface area contributed by atoms with E-state index in [9.17, 15) is 8.42 Å². The standard InChI is InChI=1S/C8H17NO2S.C6H15N.C2H6/c1-8(2,3)9-4-6-12(10,11)7-5-9;1-6(2,3)7(4)5;1-2/h4-7H2,1-3H3;1-5H3;1-2H3. The fourth-order valence-corrected chi connectivity index (χ4v) is 2.58. The van der Waals surface area contributed by atoms with Crippen molar-refractivity contribution < 1.29 is 8.42 Å². The summed E-state index contributed by atoms with van der Waals surface area (Å²) >= 11 is 0. The summed E-state index contributed by atoms with van der Waals surface area (Å²) in [6.07, 6.45) is 0. The van der Waals surface area contributed by atoms with E-state index in [1.165, 1.54) is 0 Å². The Morgan fingerprint density at radius 3 is 1.33 bits per heavy atom. The van der Waals surface area contributed by atoms with Gasteiger partial charge in [-0.3, -0.25) is 4.90 Å². The Kier molecular flexibility index (Phi) is 10.0. The SMILES string of the molecule is CC.CC(C)(C)N1CCS(=O)(=O)CC1.CN(C)C(C)(C)C. The molecule has 0 unspecified atom stereocenters. The summed E-state index contributed by atoms with van der Waals surface area (Å²) in [6, 6.07) is 0. The fraction of sp³-hybridized carbons (Fsp3) is 1.00. The first-order valence-corrected chi connectivity index (χ1v) is 9.71. The molecule has 0 aliphatic carbocycles. The summed E-state index contributed by atoms with van der Waals surface area (Å²) in [5, 5.41) is 0. The van der Waals surface area contributed by atoms with Gasteiger partial charge in [0.1, 0.15) is 0 Å². The van der Waals surface area contributed by atoms with Crippen LogP contribution in [0.2, 0.25) is 0 Å². The second kappa shape index (κ2) is 9.11. The molecule has 130 valence electrons. The topological polar surface area (TPSA) is 40.6 Å². The van der Waals surface area contributed by atoms with Gasteiger partial charge in [0.05, 0.1) is 11.5 Å². The molecule has 0 aromatic carbocycles. The zero-order valence-corrected chi connectivity index (χ0v) is 16.8. The molecule has 21 heavy (non-hydrogen) atoms. The lowest BCUT2D eigenvalue weighted by molar-refractivity contribution is 0.150. The van der Waals surface area contributed by atoms with Crippen LogP contribution in [-0.2, 0) is 9.84 Å². The molecule has 0 spiro atoms. The minimum Gasteiger partial charge on any atom is -0.305 e. The summed E-state index contributed by atoms with van der Waals surface area (Å²) in [4.78, 5) is 4.40. The first-order chi connectivity index (χ1) is 9.26. The molecular formula is C16H38N2O2S. The second-order valence-electron chi connectivity index (χ2n) is 7.37. The Labute approximate surface area is 133 Å². The highest BCUT2D eigenvalue weighted by atomic mass is 32.2. The van der Waals surface area contributed by atoms with E-state index in [2.05, 4.69) is 65.4 Å². The van der Waals surface area contributed by atoms with E-state index in [0.717, 1.165) is 0 Å². The van der Waals surface area contributed by atoms with Crippen LogP contribution in [0.3, 0.4) is 0 Å². The summed E-state index contributed by atoms with van der Waals surface area (Å²) in [7, 11) is 1.45. The largest absolute Gasteiger partial charge is 0.305 e. The lowest BCUT2D eigenvalue weighted by Crippen LogP contribution is -2.49. The van der Waals surface area contributed by atoms with E-state index >= 15 is 0 Å². The lowest BCUT2D eigenvalue weighted by Gasteiger charge is -2.37. The Hall–Kier alpha value is -0.130. The van der Waals surface area contributed by atoms with Crippen molar-refractivity contribution >= 4 is 9.84 Å². The number of nitrogens with zero attached hydrogens (tertiary/aromatic N) is 2. The van der Waals surface area contributed by atoms with E-state index < -0.39 is 9.84 Å². The molecule has 1 heterocycles. The van der Waals surface area contributed by atoms with Crippen LogP contribution in [0.5, 0.6) is 0 Å². The minimum atomic E-state index is -2.72. The molecule has 0 saturated carbocycles. The van der Waals surface area contributed by atoms with Crippen molar-refractivity contribution in [3.8, 4) is 0 Å². The molecule has 0 N–H and O–H groups in total. The van der Waals surface area contributed by atoms with E-state index in [1.807, 2.05) is 13.8 Å². The van der Waals surface area contributed by atoms with Gasteiger partial charge in [0.15, 0.2) is 9.84 Å². The van der Waals surface area contributed by atoms with Crippen LogP contribution in [0.25, 0.3) is 0 Å². The molecular weight excluding hydrogens is 284 g/mol. The van der Waals surface area contributed by atoms with Crippen LogP contribution in [0, 0.1) is 0 Å². The van der Waals surface area contributed by atoms with Crippen LogP contribution in [0.4, 0.5) is 0 Å². The Morgan fingerprint density at radius 1 is 0.857 bits per heavy atom. The molecule has 1 saturated heterocycles. The fourth-order valence-electron chi connectivity index (χ4n) is 1.38. The predicted molar refractivity (Wildman–Crippen MR) is 94.8 cm³/mol. The first kappa shape index (κ1) is 23.1. The van der Waals surface area contributed by atoms with Gasteiger partial charge in [-0.25, -0.2) is 8.42 Å². The maximum Gasteiger partial charge on any atom is 0.152 e. The van der Waals surface area contributed by atoms with Crippen molar-refractivity contribution in [1.29, 1.82) is 0 Å². The number of hydrogen-bond acceptors (Lipinski definition) is 4. The summed E-state index contributed by atoms with van der Waals surface area (Å²) in [6.45, 7) is 18.3. The van der Waals surface area contributed by atoms with Crippen molar-refractivity contribution in [2.24, 2.45) is 0 Å². The monoisotopic (exact) mass is 322 g/mol. The normalized spacial score (nSPS) is 19.2. The van der Waals surface area contributed by atoms with Gasteiger partial charge in [0.25, 0.3) is 0 Å². The molecule has 0 radical (unpaired) electrons. The van der Waals surface area contributed by atoms with Gasteiger partial charge in [-0.1, -0.05) is 13.8 Å². The van der Waals surface area contributed by atoms with E-state index in [-0.39, 0.29) is 5.54 Å². The average molecular weight is 323 g/mol. The lowest BCUT2D eigenvalue weighted by atomic mass is 10.1. The first-order valence-electron chi connectivity index (χ1n) is 7.88. The van der Waals surface area contributed by atoms with Crippen molar-refractivity contribution in [3.05, 3.63) is 0 Å². The average Bonchev–Trinajstić information content (AvgIpc) is 2.29. The maximum atomic E-state index is 11.1. The predicted octanol–water partition coefficient (Wildman–Crippen LogP) is 2.89. The third-order valence-electron chi connectivity index (χ3n) is 3.63. The highest BCUT2D eigenvalue weighted by Gasteiger charge is 2.28. The summed E-state index contributed by atoms with van der Waals surface area (Å²) < 4.78 is 22.2. The minimum absolute atomic E-state index is 0.107. The molecule has 0 amide bonds. The number of hydrogen-bond donors (Lipinski definition) is 0. The number of rotatable bonds is 0. The van der Waals surface area contributed by atoms with Crippen LogP contribution >= 0.6 is 0 Å². The highest BCUT2D eigenvalue weighted by molar-refractivity contribution is 7.91. The van der Waals surface area contributed by atoms with Gasteiger partial charge >= 0.3 is 0 Å². The summed E-state index contributed by atoms with van der Waals surface area (Å²) in [5.41, 5.74) is 0.440. The van der Waals surface area contributed by atoms with Gasteiger partial charge in [-0.05, 0) is 55.6 Å². The molecule has 0 aromatic rings. The Morgan fingerprint density at radius 2 is 1.14 bits per heavy atom. The third kappa shape index (κ3) is 11.1. The van der Waals surface area contributed by atoms with Crippen molar-refractivity contribution in [2.75, 3.05) is 38.7 Å². The van der Waals surface area contributed by atoms with E-state index in [4.69, 9.17) is 0 Å². The molecule has 4 nitrogen and oxygen atoms in total. The molecule has 1 aliphatic heterocycles. The Balaban J connectivity index is 0. The number of sulfone groups is 1. The zero-order valence-electron chi connectivity index (χ0n) is 15.9. The van der Waals surface area contributed by atoms with Gasteiger partial charge in [-0.15, -0.1) is 0 Å². The van der Waals surface area contributed by atoms with Crippen LogP contribution in [-0.4, -0.2) is 68.0 Å².